The topological polar surface area (TPSA) is 78.8 Å². The first kappa shape index (κ1) is 15.8. The molecule has 3 atom stereocenters. The summed E-state index contributed by atoms with van der Waals surface area (Å²) in [5, 5.41) is 24.1. The van der Waals surface area contributed by atoms with E-state index in [4.69, 9.17) is 4.74 Å². The van der Waals surface area contributed by atoms with Gasteiger partial charge in [-0.3, -0.25) is 0 Å². The van der Waals surface area contributed by atoms with Crippen LogP contribution in [-0.4, -0.2) is 35.1 Å². The van der Waals surface area contributed by atoms with Crippen molar-refractivity contribution in [3.8, 4) is 0 Å². The van der Waals surface area contributed by atoms with Gasteiger partial charge in [0, 0.05) is 5.41 Å². The first-order valence-corrected chi connectivity index (χ1v) is 7.05. The lowest BCUT2D eigenvalue weighted by Crippen LogP contribution is -2.62. The van der Waals surface area contributed by atoms with Gasteiger partial charge in [0.05, 0.1) is 6.04 Å². The van der Waals surface area contributed by atoms with E-state index in [9.17, 15) is 15.0 Å². The minimum absolute atomic E-state index is 0.199. The molecule has 1 unspecified atom stereocenters. The number of nitrogens with one attached hydrogen (secondary N) is 1. The summed E-state index contributed by atoms with van der Waals surface area (Å²) in [6.07, 6.45) is -1.72. The van der Waals surface area contributed by atoms with Gasteiger partial charge < -0.3 is 20.3 Å². The molecule has 5 nitrogen and oxygen atoms in total. The van der Waals surface area contributed by atoms with Gasteiger partial charge in [-0.05, 0) is 19.4 Å². The number of cyclic esters (lactones) is 1. The molecular formula is C16H23NO4. The molecule has 0 aliphatic carbocycles. The van der Waals surface area contributed by atoms with Crippen molar-refractivity contribution in [2.75, 3.05) is 6.61 Å². The lowest BCUT2D eigenvalue weighted by molar-refractivity contribution is -0.115. The highest BCUT2D eigenvalue weighted by molar-refractivity contribution is 5.68. The molecule has 116 valence electrons. The summed E-state index contributed by atoms with van der Waals surface area (Å²) in [4.78, 5) is 11.4. The Morgan fingerprint density at radius 1 is 1.38 bits per heavy atom. The van der Waals surface area contributed by atoms with E-state index in [1.165, 1.54) is 0 Å². The van der Waals surface area contributed by atoms with Crippen molar-refractivity contribution >= 4 is 6.09 Å². The van der Waals surface area contributed by atoms with Crippen molar-refractivity contribution in [1.82, 2.24) is 5.32 Å². The zero-order valence-electron chi connectivity index (χ0n) is 12.9. The Bertz CT molecular complexity index is 522. The molecular weight excluding hydrogens is 270 g/mol. The Morgan fingerprint density at radius 3 is 2.52 bits per heavy atom. The number of hydrogen-bond donors (Lipinski definition) is 3. The first-order chi connectivity index (χ1) is 9.64. The molecule has 1 aliphatic heterocycles. The molecule has 1 aromatic carbocycles. The number of hydrogen-bond acceptors (Lipinski definition) is 4. The van der Waals surface area contributed by atoms with Gasteiger partial charge in [-0.15, -0.1) is 0 Å². The molecule has 1 saturated heterocycles. The number of rotatable bonds is 3. The van der Waals surface area contributed by atoms with E-state index in [0.717, 1.165) is 5.56 Å². The molecule has 21 heavy (non-hydrogen) atoms. The van der Waals surface area contributed by atoms with Gasteiger partial charge >= 0.3 is 6.09 Å². The van der Waals surface area contributed by atoms with Gasteiger partial charge in [-0.25, -0.2) is 4.79 Å². The maximum Gasteiger partial charge on any atom is 0.407 e. The maximum absolute atomic E-state index is 11.4. The molecule has 1 aliphatic rings. The molecule has 0 aromatic heterocycles. The van der Waals surface area contributed by atoms with Crippen LogP contribution in [0.3, 0.4) is 0 Å². The van der Waals surface area contributed by atoms with Crippen LogP contribution in [0, 0.1) is 12.3 Å². The number of alkyl carbamates (subject to hydrolysis) is 1. The van der Waals surface area contributed by atoms with Crippen LogP contribution in [0.1, 0.15) is 31.9 Å². The quantitative estimate of drug-likeness (QED) is 0.792. The van der Waals surface area contributed by atoms with E-state index < -0.39 is 29.3 Å². The van der Waals surface area contributed by atoms with Gasteiger partial charge in [-0.1, -0.05) is 43.7 Å². The smallest absolute Gasteiger partial charge is 0.407 e. The second-order valence-corrected chi connectivity index (χ2v) is 6.65. The third kappa shape index (κ3) is 3.04. The van der Waals surface area contributed by atoms with Crippen molar-refractivity contribution in [2.24, 2.45) is 5.41 Å². The highest BCUT2D eigenvalue weighted by Crippen LogP contribution is 2.35. The standard InChI is InChI=1S/C16H23NO4/c1-10-5-7-11(8-6-10)16(4,20)13(18)12-15(2,3)9-21-14(19)17-12/h5-8,12-13,18,20H,9H2,1-4H3,(H,17,19)/t12?,13-,16-/m0/s1. The molecule has 2 rings (SSSR count). The van der Waals surface area contributed by atoms with Gasteiger partial charge in [0.15, 0.2) is 0 Å². The summed E-state index contributed by atoms with van der Waals surface area (Å²) in [6.45, 7) is 7.47. The van der Waals surface area contributed by atoms with Gasteiger partial charge in [0.25, 0.3) is 0 Å². The highest BCUT2D eigenvalue weighted by Gasteiger charge is 2.48. The molecule has 1 aromatic rings. The normalized spacial score (nSPS) is 25.4. The van der Waals surface area contributed by atoms with Gasteiger partial charge in [-0.2, -0.15) is 0 Å². The number of benzene rings is 1. The summed E-state index contributed by atoms with van der Waals surface area (Å²) in [7, 11) is 0. The van der Waals surface area contributed by atoms with Crippen molar-refractivity contribution in [3.63, 3.8) is 0 Å². The number of aryl methyl sites for hydroxylation is 1. The van der Waals surface area contributed by atoms with Crippen LogP contribution in [0.5, 0.6) is 0 Å². The van der Waals surface area contributed by atoms with E-state index in [0.29, 0.717) is 5.56 Å². The fourth-order valence-corrected chi connectivity index (χ4v) is 2.60. The number of carbonyl (C=O) groups excluding carboxylic acids is 1. The summed E-state index contributed by atoms with van der Waals surface area (Å²) < 4.78 is 4.96. The molecule has 1 heterocycles. The van der Waals surface area contributed by atoms with Crippen LogP contribution in [0.2, 0.25) is 0 Å². The van der Waals surface area contributed by atoms with E-state index in [1.54, 1.807) is 19.1 Å². The van der Waals surface area contributed by atoms with Crippen LogP contribution >= 0.6 is 0 Å². The van der Waals surface area contributed by atoms with Crippen LogP contribution in [0.15, 0.2) is 24.3 Å². The number of aliphatic hydroxyl groups excluding tert-OH is 1. The first-order valence-electron chi connectivity index (χ1n) is 7.05. The second kappa shape index (κ2) is 5.31. The Hall–Kier alpha value is -1.59. The average Bonchev–Trinajstić information content (AvgIpc) is 2.41. The van der Waals surface area contributed by atoms with Crippen molar-refractivity contribution in [2.45, 2.75) is 45.4 Å². The maximum atomic E-state index is 11.4. The molecule has 5 heteroatoms. The minimum Gasteiger partial charge on any atom is -0.449 e. The highest BCUT2D eigenvalue weighted by atomic mass is 16.6. The Balaban J connectivity index is 2.29. The molecule has 0 saturated carbocycles. The SMILES string of the molecule is Cc1ccc([C@](C)(O)[C@@H](O)C2NC(=O)OCC2(C)C)cc1. The summed E-state index contributed by atoms with van der Waals surface area (Å²) in [6, 6.07) is 6.73. The van der Waals surface area contributed by atoms with E-state index in [1.807, 2.05) is 32.9 Å². The predicted molar refractivity (Wildman–Crippen MR) is 78.8 cm³/mol. The second-order valence-electron chi connectivity index (χ2n) is 6.65. The Labute approximate surface area is 124 Å². The summed E-state index contributed by atoms with van der Waals surface area (Å²) in [5.74, 6) is 0. The van der Waals surface area contributed by atoms with E-state index in [-0.39, 0.29) is 6.61 Å². The Kier molecular flexibility index (Phi) is 4.00. The van der Waals surface area contributed by atoms with Crippen molar-refractivity contribution in [3.05, 3.63) is 35.4 Å². The largest absolute Gasteiger partial charge is 0.449 e. The van der Waals surface area contributed by atoms with E-state index >= 15 is 0 Å². The van der Waals surface area contributed by atoms with Crippen LogP contribution < -0.4 is 5.32 Å². The van der Waals surface area contributed by atoms with Crippen LogP contribution in [-0.2, 0) is 10.3 Å². The molecule has 1 fully saturated rings. The third-order valence-corrected chi connectivity index (χ3v) is 4.22. The molecule has 3 N–H and O–H groups in total. The Morgan fingerprint density at radius 2 is 1.95 bits per heavy atom. The molecule has 0 radical (unpaired) electrons. The molecule has 0 bridgehead atoms. The van der Waals surface area contributed by atoms with Gasteiger partial charge in [0.2, 0.25) is 0 Å². The van der Waals surface area contributed by atoms with Crippen molar-refractivity contribution < 1.29 is 19.7 Å². The lowest BCUT2D eigenvalue weighted by Gasteiger charge is -2.45. The lowest BCUT2D eigenvalue weighted by atomic mass is 9.74. The monoisotopic (exact) mass is 293 g/mol. The third-order valence-electron chi connectivity index (χ3n) is 4.22. The zero-order valence-corrected chi connectivity index (χ0v) is 12.9. The van der Waals surface area contributed by atoms with Crippen LogP contribution in [0.25, 0.3) is 0 Å². The number of aliphatic hydroxyl groups is 2. The molecule has 1 amide bonds. The summed E-state index contributed by atoms with van der Waals surface area (Å²) >= 11 is 0. The fourth-order valence-electron chi connectivity index (χ4n) is 2.60. The molecule has 0 spiro atoms. The average molecular weight is 293 g/mol. The number of amides is 1. The van der Waals surface area contributed by atoms with E-state index in [2.05, 4.69) is 5.32 Å². The predicted octanol–water partition coefficient (Wildman–Crippen LogP) is 1.70. The number of ether oxygens (including phenoxy) is 1. The summed E-state index contributed by atoms with van der Waals surface area (Å²) in [5.41, 5.74) is -0.275. The minimum atomic E-state index is -1.47. The zero-order chi connectivity index (χ0) is 15.8. The van der Waals surface area contributed by atoms with Crippen molar-refractivity contribution in [1.29, 1.82) is 0 Å². The van der Waals surface area contributed by atoms with Gasteiger partial charge in [0.1, 0.15) is 18.3 Å². The fraction of sp³-hybridized carbons (Fsp3) is 0.562. The number of carbonyl (C=O) groups is 1. The van der Waals surface area contributed by atoms with Crippen LogP contribution in [0.4, 0.5) is 4.79 Å².